The molecule has 2 rings (SSSR count). The van der Waals surface area contributed by atoms with E-state index in [1.165, 1.54) is 18.4 Å². The molecule has 1 saturated carbocycles. The Hall–Kier alpha value is -0.730. The minimum absolute atomic E-state index is 0.706. The van der Waals surface area contributed by atoms with Gasteiger partial charge in [0.25, 0.3) is 0 Å². The van der Waals surface area contributed by atoms with Crippen molar-refractivity contribution < 1.29 is 0 Å². The summed E-state index contributed by atoms with van der Waals surface area (Å²) in [4.78, 5) is 2.28. The summed E-state index contributed by atoms with van der Waals surface area (Å²) in [5.74, 6) is 0. The Morgan fingerprint density at radius 2 is 2.20 bits per heavy atom. The molecule has 0 amide bonds. The van der Waals surface area contributed by atoms with Gasteiger partial charge in [0.1, 0.15) is 0 Å². The first-order valence-corrected chi connectivity index (χ1v) is 5.76. The third kappa shape index (κ3) is 2.44. The van der Waals surface area contributed by atoms with Crippen LogP contribution in [0.25, 0.3) is 0 Å². The van der Waals surface area contributed by atoms with E-state index in [0.29, 0.717) is 6.04 Å². The summed E-state index contributed by atoms with van der Waals surface area (Å²) >= 11 is 6.26. The SMILES string of the molecule is CNCc1ccc(N(C)C2CC2)c(Cl)c1. The van der Waals surface area contributed by atoms with Gasteiger partial charge in [-0.25, -0.2) is 0 Å². The second-order valence-electron chi connectivity index (χ2n) is 4.16. The zero-order chi connectivity index (χ0) is 10.8. The van der Waals surface area contributed by atoms with Gasteiger partial charge in [0.05, 0.1) is 10.7 Å². The van der Waals surface area contributed by atoms with Gasteiger partial charge in [-0.1, -0.05) is 17.7 Å². The number of hydrogen-bond acceptors (Lipinski definition) is 2. The summed E-state index contributed by atoms with van der Waals surface area (Å²) in [7, 11) is 4.06. The van der Waals surface area contributed by atoms with Gasteiger partial charge in [-0.15, -0.1) is 0 Å². The molecule has 2 nitrogen and oxygen atoms in total. The molecule has 0 aromatic heterocycles. The Kier molecular flexibility index (Phi) is 3.17. The van der Waals surface area contributed by atoms with Crippen LogP contribution in [0.15, 0.2) is 18.2 Å². The summed E-state index contributed by atoms with van der Waals surface area (Å²) in [6.45, 7) is 0.868. The fourth-order valence-corrected chi connectivity index (χ4v) is 2.15. The lowest BCUT2D eigenvalue weighted by Crippen LogP contribution is -2.19. The Morgan fingerprint density at radius 3 is 2.73 bits per heavy atom. The molecule has 3 heteroatoms. The highest BCUT2D eigenvalue weighted by atomic mass is 35.5. The third-order valence-electron chi connectivity index (χ3n) is 2.87. The highest BCUT2D eigenvalue weighted by Gasteiger charge is 2.27. The normalized spacial score (nSPS) is 15.4. The Morgan fingerprint density at radius 1 is 1.47 bits per heavy atom. The molecule has 0 radical (unpaired) electrons. The van der Waals surface area contributed by atoms with Gasteiger partial charge in [-0.3, -0.25) is 0 Å². The molecular weight excluding hydrogens is 208 g/mol. The van der Waals surface area contributed by atoms with Crippen molar-refractivity contribution in [1.82, 2.24) is 5.32 Å². The quantitative estimate of drug-likeness (QED) is 0.846. The standard InChI is InChI=1S/C12H17ClN2/c1-14-8-9-3-6-12(11(13)7-9)15(2)10-4-5-10/h3,6-7,10,14H,4-5,8H2,1-2H3. The van der Waals surface area contributed by atoms with Crippen molar-refractivity contribution in [2.24, 2.45) is 0 Å². The van der Waals surface area contributed by atoms with Crippen LogP contribution in [0, 0.1) is 0 Å². The summed E-state index contributed by atoms with van der Waals surface area (Å²) < 4.78 is 0. The molecule has 0 atom stereocenters. The molecule has 1 N–H and O–H groups in total. The number of halogens is 1. The molecule has 0 saturated heterocycles. The molecule has 0 spiro atoms. The number of benzene rings is 1. The zero-order valence-electron chi connectivity index (χ0n) is 9.26. The smallest absolute Gasteiger partial charge is 0.0642 e. The van der Waals surface area contributed by atoms with Crippen LogP contribution < -0.4 is 10.2 Å². The molecule has 0 bridgehead atoms. The average molecular weight is 225 g/mol. The molecule has 1 fully saturated rings. The first kappa shape index (κ1) is 10.8. The van der Waals surface area contributed by atoms with Crippen LogP contribution in [0.2, 0.25) is 5.02 Å². The van der Waals surface area contributed by atoms with Crippen molar-refractivity contribution >= 4 is 17.3 Å². The first-order chi connectivity index (χ1) is 7.22. The van der Waals surface area contributed by atoms with Crippen molar-refractivity contribution in [3.63, 3.8) is 0 Å². The summed E-state index contributed by atoms with van der Waals surface area (Å²) in [6, 6.07) is 7.01. The van der Waals surface area contributed by atoms with Gasteiger partial charge in [0.2, 0.25) is 0 Å². The second kappa shape index (κ2) is 4.42. The maximum absolute atomic E-state index is 6.26. The van der Waals surface area contributed by atoms with Crippen LogP contribution in [0.1, 0.15) is 18.4 Å². The molecule has 0 heterocycles. The number of hydrogen-bond donors (Lipinski definition) is 1. The molecule has 1 aliphatic rings. The van der Waals surface area contributed by atoms with Crippen LogP contribution >= 0.6 is 11.6 Å². The number of nitrogens with one attached hydrogen (secondary N) is 1. The van der Waals surface area contributed by atoms with Gasteiger partial charge in [-0.2, -0.15) is 0 Å². The van der Waals surface area contributed by atoms with Gasteiger partial charge in [0, 0.05) is 19.6 Å². The minimum atomic E-state index is 0.706. The monoisotopic (exact) mass is 224 g/mol. The lowest BCUT2D eigenvalue weighted by molar-refractivity contribution is 0.817. The fourth-order valence-electron chi connectivity index (χ4n) is 1.81. The Labute approximate surface area is 96.2 Å². The largest absolute Gasteiger partial charge is 0.370 e. The van der Waals surface area contributed by atoms with E-state index in [2.05, 4.69) is 29.4 Å². The molecule has 82 valence electrons. The van der Waals surface area contributed by atoms with Gasteiger partial charge >= 0.3 is 0 Å². The van der Waals surface area contributed by atoms with E-state index in [0.717, 1.165) is 17.3 Å². The van der Waals surface area contributed by atoms with Crippen LogP contribution in [0.3, 0.4) is 0 Å². The van der Waals surface area contributed by atoms with Gasteiger partial charge in [0.15, 0.2) is 0 Å². The summed E-state index contributed by atoms with van der Waals surface area (Å²) in [5.41, 5.74) is 2.38. The van der Waals surface area contributed by atoms with Crippen LogP contribution in [-0.2, 0) is 6.54 Å². The Bertz CT molecular complexity index is 347. The maximum atomic E-state index is 6.26. The van der Waals surface area contributed by atoms with E-state index in [1.54, 1.807) is 0 Å². The maximum Gasteiger partial charge on any atom is 0.0642 e. The third-order valence-corrected chi connectivity index (χ3v) is 3.17. The summed E-state index contributed by atoms with van der Waals surface area (Å²) in [6.07, 6.45) is 2.59. The van der Waals surface area contributed by atoms with E-state index >= 15 is 0 Å². The summed E-state index contributed by atoms with van der Waals surface area (Å²) in [5, 5.41) is 3.98. The first-order valence-electron chi connectivity index (χ1n) is 5.38. The number of anilines is 1. The minimum Gasteiger partial charge on any atom is -0.370 e. The molecule has 0 unspecified atom stereocenters. The van der Waals surface area contributed by atoms with E-state index in [4.69, 9.17) is 11.6 Å². The predicted molar refractivity (Wildman–Crippen MR) is 65.6 cm³/mol. The molecule has 1 aromatic carbocycles. The van der Waals surface area contributed by atoms with E-state index in [1.807, 2.05) is 13.1 Å². The highest BCUT2D eigenvalue weighted by molar-refractivity contribution is 6.33. The number of rotatable bonds is 4. The van der Waals surface area contributed by atoms with Crippen LogP contribution in [0.5, 0.6) is 0 Å². The molecule has 1 aromatic rings. The highest BCUT2D eigenvalue weighted by Crippen LogP contribution is 2.34. The van der Waals surface area contributed by atoms with Crippen LogP contribution in [-0.4, -0.2) is 20.1 Å². The number of nitrogens with zero attached hydrogens (tertiary/aromatic N) is 1. The Balaban J connectivity index is 2.17. The second-order valence-corrected chi connectivity index (χ2v) is 4.57. The van der Waals surface area contributed by atoms with Crippen molar-refractivity contribution in [3.05, 3.63) is 28.8 Å². The average Bonchev–Trinajstić information content (AvgIpc) is 3.01. The van der Waals surface area contributed by atoms with Crippen molar-refractivity contribution in [2.75, 3.05) is 19.0 Å². The van der Waals surface area contributed by atoms with Crippen molar-refractivity contribution in [3.8, 4) is 0 Å². The van der Waals surface area contributed by atoms with Gasteiger partial charge in [-0.05, 0) is 37.6 Å². The fraction of sp³-hybridized carbons (Fsp3) is 0.500. The molecule has 15 heavy (non-hydrogen) atoms. The van der Waals surface area contributed by atoms with E-state index in [-0.39, 0.29) is 0 Å². The zero-order valence-corrected chi connectivity index (χ0v) is 10.0. The molecular formula is C12H17ClN2. The molecule has 0 aliphatic heterocycles. The van der Waals surface area contributed by atoms with E-state index in [9.17, 15) is 0 Å². The molecule has 1 aliphatic carbocycles. The van der Waals surface area contributed by atoms with Crippen molar-refractivity contribution in [2.45, 2.75) is 25.4 Å². The van der Waals surface area contributed by atoms with Crippen molar-refractivity contribution in [1.29, 1.82) is 0 Å². The van der Waals surface area contributed by atoms with Crippen LogP contribution in [0.4, 0.5) is 5.69 Å². The lowest BCUT2D eigenvalue weighted by Gasteiger charge is -2.20. The predicted octanol–water partition coefficient (Wildman–Crippen LogP) is 2.66. The topological polar surface area (TPSA) is 15.3 Å². The van der Waals surface area contributed by atoms with E-state index < -0.39 is 0 Å². The lowest BCUT2D eigenvalue weighted by atomic mass is 10.2. The van der Waals surface area contributed by atoms with Gasteiger partial charge < -0.3 is 10.2 Å².